The Bertz CT molecular complexity index is 609. The molecular formula is C14H16N4O2S. The minimum Gasteiger partial charge on any atom is -0.477 e. The third-order valence-corrected chi connectivity index (χ3v) is 4.34. The van der Waals surface area contributed by atoms with Crippen LogP contribution in [-0.2, 0) is 6.54 Å². The molecule has 3 heterocycles. The zero-order chi connectivity index (χ0) is 14.7. The van der Waals surface area contributed by atoms with Gasteiger partial charge < -0.3 is 10.0 Å². The lowest BCUT2D eigenvalue weighted by Gasteiger charge is -2.34. The third-order valence-electron chi connectivity index (χ3n) is 3.51. The number of nitrogens with zero attached hydrogens (tertiary/aromatic N) is 4. The van der Waals surface area contributed by atoms with Gasteiger partial charge in [-0.15, -0.1) is 11.3 Å². The van der Waals surface area contributed by atoms with Crippen LogP contribution in [0.1, 0.15) is 16.1 Å². The van der Waals surface area contributed by atoms with Crippen LogP contribution in [0.2, 0.25) is 0 Å². The highest BCUT2D eigenvalue weighted by Gasteiger charge is 2.19. The molecule has 3 rings (SSSR count). The zero-order valence-electron chi connectivity index (χ0n) is 11.5. The van der Waals surface area contributed by atoms with Gasteiger partial charge in [-0.1, -0.05) is 0 Å². The molecule has 2 aromatic rings. The summed E-state index contributed by atoms with van der Waals surface area (Å²) in [6.45, 7) is 4.55. The maximum absolute atomic E-state index is 10.9. The van der Waals surface area contributed by atoms with Crippen molar-refractivity contribution in [3.8, 4) is 0 Å². The first-order valence-corrected chi connectivity index (χ1v) is 7.65. The predicted molar refractivity (Wildman–Crippen MR) is 80.8 cm³/mol. The van der Waals surface area contributed by atoms with Gasteiger partial charge >= 0.3 is 5.97 Å². The van der Waals surface area contributed by atoms with Crippen molar-refractivity contribution in [2.45, 2.75) is 6.54 Å². The second-order valence-corrected chi connectivity index (χ2v) is 5.81. The van der Waals surface area contributed by atoms with Crippen LogP contribution in [0.25, 0.3) is 0 Å². The normalized spacial score (nSPS) is 16.1. The van der Waals surface area contributed by atoms with Gasteiger partial charge in [0.25, 0.3) is 0 Å². The van der Waals surface area contributed by atoms with E-state index in [-0.39, 0.29) is 5.69 Å². The molecule has 0 amide bonds. The third kappa shape index (κ3) is 3.37. The van der Waals surface area contributed by atoms with Gasteiger partial charge in [0.1, 0.15) is 5.69 Å². The van der Waals surface area contributed by atoms with E-state index in [0.29, 0.717) is 0 Å². The fraction of sp³-hybridized carbons (Fsp3) is 0.357. The SMILES string of the molecule is O=C(O)c1cc(CN2CCN(c3nccs3)CC2)ccn1. The van der Waals surface area contributed by atoms with E-state index in [0.717, 1.165) is 43.4 Å². The minimum atomic E-state index is -0.981. The van der Waals surface area contributed by atoms with Crippen molar-refractivity contribution in [2.24, 2.45) is 0 Å². The van der Waals surface area contributed by atoms with Gasteiger partial charge in [-0.2, -0.15) is 0 Å². The van der Waals surface area contributed by atoms with Gasteiger partial charge in [0.2, 0.25) is 0 Å². The Labute approximate surface area is 126 Å². The van der Waals surface area contributed by atoms with Gasteiger partial charge in [-0.3, -0.25) is 4.90 Å². The smallest absolute Gasteiger partial charge is 0.354 e. The van der Waals surface area contributed by atoms with Crippen LogP contribution in [0.5, 0.6) is 0 Å². The van der Waals surface area contributed by atoms with Gasteiger partial charge in [-0.05, 0) is 17.7 Å². The number of anilines is 1. The summed E-state index contributed by atoms with van der Waals surface area (Å²) in [5.41, 5.74) is 1.10. The Hall–Kier alpha value is -1.99. The fourth-order valence-electron chi connectivity index (χ4n) is 2.42. The summed E-state index contributed by atoms with van der Waals surface area (Å²) in [7, 11) is 0. The number of carboxylic acids is 1. The number of hydrogen-bond acceptors (Lipinski definition) is 6. The lowest BCUT2D eigenvalue weighted by molar-refractivity contribution is 0.0690. The van der Waals surface area contributed by atoms with Crippen molar-refractivity contribution in [1.82, 2.24) is 14.9 Å². The van der Waals surface area contributed by atoms with Gasteiger partial charge in [0, 0.05) is 50.5 Å². The van der Waals surface area contributed by atoms with Crippen LogP contribution < -0.4 is 4.90 Å². The van der Waals surface area contributed by atoms with E-state index in [1.54, 1.807) is 23.6 Å². The summed E-state index contributed by atoms with van der Waals surface area (Å²) in [5, 5.41) is 12.0. The average Bonchev–Trinajstić information content (AvgIpc) is 3.02. The van der Waals surface area contributed by atoms with Crippen molar-refractivity contribution < 1.29 is 9.90 Å². The summed E-state index contributed by atoms with van der Waals surface area (Å²) < 4.78 is 0. The molecule has 110 valence electrons. The van der Waals surface area contributed by atoms with Crippen LogP contribution in [0.4, 0.5) is 5.13 Å². The first-order chi connectivity index (χ1) is 10.2. The monoisotopic (exact) mass is 304 g/mol. The highest BCUT2D eigenvalue weighted by Crippen LogP contribution is 2.19. The van der Waals surface area contributed by atoms with E-state index in [2.05, 4.69) is 19.8 Å². The first-order valence-electron chi connectivity index (χ1n) is 6.77. The lowest BCUT2D eigenvalue weighted by atomic mass is 10.2. The van der Waals surface area contributed by atoms with Gasteiger partial charge in [0.05, 0.1) is 0 Å². The highest BCUT2D eigenvalue weighted by atomic mass is 32.1. The second kappa shape index (κ2) is 6.19. The Kier molecular flexibility index (Phi) is 4.12. The Morgan fingerprint density at radius 1 is 1.24 bits per heavy atom. The van der Waals surface area contributed by atoms with E-state index in [9.17, 15) is 4.79 Å². The van der Waals surface area contributed by atoms with Crippen LogP contribution in [0.3, 0.4) is 0 Å². The number of piperazine rings is 1. The Morgan fingerprint density at radius 2 is 2.05 bits per heavy atom. The zero-order valence-corrected chi connectivity index (χ0v) is 12.3. The Balaban J connectivity index is 1.58. The molecule has 1 aliphatic rings. The Morgan fingerprint density at radius 3 is 2.71 bits per heavy atom. The van der Waals surface area contributed by atoms with Crippen LogP contribution in [0.15, 0.2) is 29.9 Å². The van der Waals surface area contributed by atoms with E-state index < -0.39 is 5.97 Å². The molecule has 0 saturated carbocycles. The maximum atomic E-state index is 10.9. The maximum Gasteiger partial charge on any atom is 0.354 e. The standard InChI is InChI=1S/C14H16N4O2S/c19-13(20)12-9-11(1-2-15-12)10-17-4-6-18(7-5-17)14-16-3-8-21-14/h1-3,8-9H,4-7,10H2,(H,19,20). The minimum absolute atomic E-state index is 0.105. The summed E-state index contributed by atoms with van der Waals surface area (Å²) >= 11 is 1.66. The lowest BCUT2D eigenvalue weighted by Crippen LogP contribution is -2.45. The van der Waals surface area contributed by atoms with Crippen molar-refractivity contribution in [1.29, 1.82) is 0 Å². The first kappa shape index (κ1) is 14.0. The van der Waals surface area contributed by atoms with E-state index in [4.69, 9.17) is 5.11 Å². The van der Waals surface area contributed by atoms with E-state index >= 15 is 0 Å². The molecule has 6 nitrogen and oxygen atoms in total. The van der Waals surface area contributed by atoms with E-state index in [1.165, 1.54) is 0 Å². The molecule has 21 heavy (non-hydrogen) atoms. The molecule has 7 heteroatoms. The number of hydrogen-bond donors (Lipinski definition) is 1. The number of aromatic carboxylic acids is 1. The topological polar surface area (TPSA) is 69.6 Å². The number of thiazole rings is 1. The predicted octanol–water partition coefficient (Wildman–Crippen LogP) is 1.56. The molecule has 1 N–H and O–H groups in total. The van der Waals surface area contributed by atoms with Crippen molar-refractivity contribution in [3.05, 3.63) is 41.2 Å². The number of carboxylic acid groups (broad SMARTS) is 1. The largest absolute Gasteiger partial charge is 0.477 e. The fourth-order valence-corrected chi connectivity index (χ4v) is 3.11. The van der Waals surface area contributed by atoms with E-state index in [1.807, 2.05) is 17.6 Å². The van der Waals surface area contributed by atoms with Crippen LogP contribution in [0, 0.1) is 0 Å². The molecule has 0 atom stereocenters. The molecule has 0 spiro atoms. The second-order valence-electron chi connectivity index (χ2n) is 4.93. The highest BCUT2D eigenvalue weighted by molar-refractivity contribution is 7.13. The van der Waals surface area contributed by atoms with Crippen molar-refractivity contribution in [3.63, 3.8) is 0 Å². The van der Waals surface area contributed by atoms with Gasteiger partial charge in [0.15, 0.2) is 5.13 Å². The molecule has 1 fully saturated rings. The number of rotatable bonds is 4. The summed E-state index contributed by atoms with van der Waals surface area (Å²) in [6.07, 6.45) is 3.39. The number of aromatic nitrogens is 2. The summed E-state index contributed by atoms with van der Waals surface area (Å²) in [6, 6.07) is 3.52. The quantitative estimate of drug-likeness (QED) is 0.924. The summed E-state index contributed by atoms with van der Waals surface area (Å²) in [5.74, 6) is -0.981. The van der Waals surface area contributed by atoms with Crippen molar-refractivity contribution >= 4 is 22.4 Å². The molecule has 1 saturated heterocycles. The molecular weight excluding hydrogens is 288 g/mol. The molecule has 0 bridgehead atoms. The molecule has 0 aliphatic carbocycles. The molecule has 0 radical (unpaired) electrons. The molecule has 0 unspecified atom stereocenters. The van der Waals surface area contributed by atoms with Crippen molar-refractivity contribution in [2.75, 3.05) is 31.1 Å². The molecule has 0 aromatic carbocycles. The van der Waals surface area contributed by atoms with Crippen LogP contribution >= 0.6 is 11.3 Å². The average molecular weight is 304 g/mol. The molecule has 1 aliphatic heterocycles. The van der Waals surface area contributed by atoms with Crippen LogP contribution in [-0.4, -0.2) is 52.1 Å². The molecule has 2 aromatic heterocycles. The number of carbonyl (C=O) groups is 1. The summed E-state index contributed by atoms with van der Waals surface area (Å²) in [4.78, 5) is 23.7. The van der Waals surface area contributed by atoms with Gasteiger partial charge in [-0.25, -0.2) is 14.8 Å². The number of pyridine rings is 1.